The summed E-state index contributed by atoms with van der Waals surface area (Å²) in [5.41, 5.74) is 1.72. The second kappa shape index (κ2) is 8.10. The molecule has 4 rings (SSSR count). The number of ether oxygens (including phenoxy) is 1. The van der Waals surface area contributed by atoms with Gasteiger partial charge >= 0.3 is 5.97 Å². The van der Waals surface area contributed by atoms with Crippen molar-refractivity contribution < 1.29 is 14.3 Å². The summed E-state index contributed by atoms with van der Waals surface area (Å²) in [6.07, 6.45) is 13.6. The highest BCUT2D eigenvalue weighted by atomic mass is 16.5. The molecule has 0 aromatic carbocycles. The summed E-state index contributed by atoms with van der Waals surface area (Å²) in [4.78, 5) is 25.6. The molecule has 0 N–H and O–H groups in total. The maximum Gasteiger partial charge on any atom is 0.305 e. The maximum absolute atomic E-state index is 13.9. The third-order valence-electron chi connectivity index (χ3n) is 10.4. The minimum atomic E-state index is -0.0956. The maximum atomic E-state index is 13.9. The Labute approximate surface area is 183 Å². The van der Waals surface area contributed by atoms with Gasteiger partial charge in [0.1, 0.15) is 0 Å². The Morgan fingerprint density at radius 1 is 1.10 bits per heavy atom. The average molecular weight is 415 g/mol. The number of ketones is 1. The van der Waals surface area contributed by atoms with E-state index in [9.17, 15) is 9.59 Å². The van der Waals surface area contributed by atoms with Gasteiger partial charge in [-0.3, -0.25) is 9.59 Å². The van der Waals surface area contributed by atoms with E-state index in [2.05, 4.69) is 33.8 Å². The Balaban J connectivity index is 1.61. The van der Waals surface area contributed by atoms with Gasteiger partial charge in [0.15, 0.2) is 5.78 Å². The molecule has 4 saturated carbocycles. The molecule has 0 bridgehead atoms. The molecule has 8 atom stereocenters. The molecule has 0 heterocycles. The topological polar surface area (TPSA) is 43.4 Å². The quantitative estimate of drug-likeness (QED) is 0.397. The highest BCUT2D eigenvalue weighted by molar-refractivity contribution is 5.99. The number of allylic oxidation sites excluding steroid dienone is 2. The standard InChI is InChI=1S/C27H42O3/c1-6-18-20-9-7-8-15-26(20,3)22-14-16-27(4)19(17(2)10-13-23(28)30-5)11-12-21(27)24(22)25(18)29/h6,17,19-22,24H,7-16H2,1-5H3/b18-6+/t17?,19?,20-,21?,22?,24?,26-,27+/m0/s1. The summed E-state index contributed by atoms with van der Waals surface area (Å²) >= 11 is 0. The van der Waals surface area contributed by atoms with Gasteiger partial charge in [0, 0.05) is 12.3 Å². The SMILES string of the molecule is C/C=C1/C(=O)C2C3CCC(C(C)CCC(=O)OC)[C@@]3(C)CCC2[C@@]2(C)CCCC[C@@H]12. The van der Waals surface area contributed by atoms with Crippen LogP contribution in [0, 0.1) is 46.3 Å². The second-order valence-electron chi connectivity index (χ2n) is 11.5. The van der Waals surface area contributed by atoms with E-state index < -0.39 is 0 Å². The zero-order valence-corrected chi connectivity index (χ0v) is 19.8. The van der Waals surface area contributed by atoms with Gasteiger partial charge in [0.05, 0.1) is 7.11 Å². The smallest absolute Gasteiger partial charge is 0.305 e. The van der Waals surface area contributed by atoms with Crippen molar-refractivity contribution in [2.75, 3.05) is 7.11 Å². The van der Waals surface area contributed by atoms with Crippen LogP contribution in [0.2, 0.25) is 0 Å². The molecular weight excluding hydrogens is 372 g/mol. The Morgan fingerprint density at radius 3 is 2.53 bits per heavy atom. The number of Topliss-reactive ketones (excluding diaryl/α,β-unsaturated/α-hetero) is 1. The molecule has 0 radical (unpaired) electrons. The molecule has 0 aliphatic heterocycles. The molecule has 0 aromatic heterocycles. The predicted octanol–water partition coefficient (Wildman–Crippen LogP) is 6.36. The third-order valence-corrected chi connectivity index (χ3v) is 10.4. The monoisotopic (exact) mass is 414 g/mol. The highest BCUT2D eigenvalue weighted by Crippen LogP contribution is 2.68. The van der Waals surface area contributed by atoms with Crippen molar-refractivity contribution in [3.8, 4) is 0 Å². The Bertz CT molecular complexity index is 724. The Hall–Kier alpha value is -1.12. The molecule has 0 amide bonds. The lowest BCUT2D eigenvalue weighted by molar-refractivity contribution is -0.146. The highest BCUT2D eigenvalue weighted by Gasteiger charge is 2.63. The summed E-state index contributed by atoms with van der Waals surface area (Å²) in [6.45, 7) is 9.43. The van der Waals surface area contributed by atoms with Crippen LogP contribution in [0.4, 0.5) is 0 Å². The van der Waals surface area contributed by atoms with Crippen LogP contribution in [0.3, 0.4) is 0 Å². The molecule has 0 saturated heterocycles. The molecule has 168 valence electrons. The number of hydrogen-bond donors (Lipinski definition) is 0. The van der Waals surface area contributed by atoms with E-state index in [0.29, 0.717) is 47.2 Å². The van der Waals surface area contributed by atoms with Crippen molar-refractivity contribution in [2.45, 2.75) is 91.9 Å². The summed E-state index contributed by atoms with van der Waals surface area (Å²) in [5.74, 6) is 3.34. The van der Waals surface area contributed by atoms with Crippen molar-refractivity contribution in [1.82, 2.24) is 0 Å². The summed E-state index contributed by atoms with van der Waals surface area (Å²) in [6, 6.07) is 0. The normalized spacial score (nSPS) is 45.4. The van der Waals surface area contributed by atoms with Crippen molar-refractivity contribution in [2.24, 2.45) is 46.3 Å². The van der Waals surface area contributed by atoms with Gasteiger partial charge < -0.3 is 4.74 Å². The molecule has 30 heavy (non-hydrogen) atoms. The first-order chi connectivity index (χ1) is 14.3. The summed E-state index contributed by atoms with van der Waals surface area (Å²) < 4.78 is 4.88. The zero-order valence-electron chi connectivity index (χ0n) is 19.8. The van der Waals surface area contributed by atoms with E-state index in [1.54, 1.807) is 0 Å². The van der Waals surface area contributed by atoms with E-state index in [4.69, 9.17) is 4.74 Å². The van der Waals surface area contributed by atoms with Crippen molar-refractivity contribution >= 4 is 11.8 Å². The fraction of sp³-hybridized carbons (Fsp3) is 0.852. The van der Waals surface area contributed by atoms with Gasteiger partial charge in [-0.2, -0.15) is 0 Å². The van der Waals surface area contributed by atoms with E-state index in [-0.39, 0.29) is 17.3 Å². The van der Waals surface area contributed by atoms with Crippen LogP contribution >= 0.6 is 0 Å². The van der Waals surface area contributed by atoms with Crippen LogP contribution < -0.4 is 0 Å². The lowest BCUT2D eigenvalue weighted by atomic mass is 9.43. The van der Waals surface area contributed by atoms with Crippen molar-refractivity contribution in [3.63, 3.8) is 0 Å². The minimum absolute atomic E-state index is 0.0956. The van der Waals surface area contributed by atoms with E-state index in [1.807, 2.05) is 0 Å². The Morgan fingerprint density at radius 2 is 1.83 bits per heavy atom. The lowest BCUT2D eigenvalue weighted by Crippen LogP contribution is -2.57. The first-order valence-electron chi connectivity index (χ1n) is 12.5. The van der Waals surface area contributed by atoms with Crippen LogP contribution in [-0.2, 0) is 14.3 Å². The molecule has 0 spiro atoms. The second-order valence-corrected chi connectivity index (χ2v) is 11.5. The first-order valence-corrected chi connectivity index (χ1v) is 12.5. The van der Waals surface area contributed by atoms with Crippen LogP contribution in [0.1, 0.15) is 91.9 Å². The number of esters is 1. The van der Waals surface area contributed by atoms with Crippen LogP contribution in [0.5, 0.6) is 0 Å². The fourth-order valence-corrected chi connectivity index (χ4v) is 8.89. The molecule has 3 nitrogen and oxygen atoms in total. The van der Waals surface area contributed by atoms with Crippen molar-refractivity contribution in [3.05, 3.63) is 11.6 Å². The predicted molar refractivity (Wildman–Crippen MR) is 120 cm³/mol. The van der Waals surface area contributed by atoms with Crippen LogP contribution in [-0.4, -0.2) is 18.9 Å². The third kappa shape index (κ3) is 3.21. The van der Waals surface area contributed by atoms with Gasteiger partial charge in [-0.1, -0.05) is 39.7 Å². The average Bonchev–Trinajstić information content (AvgIpc) is 3.09. The number of fused-ring (bicyclic) bond motifs is 5. The first kappa shape index (κ1) is 22.1. The number of carbonyl (C=O) groups is 2. The molecule has 3 heteroatoms. The zero-order chi connectivity index (χ0) is 21.7. The molecule has 0 aromatic rings. The molecule has 4 aliphatic carbocycles. The summed E-state index contributed by atoms with van der Waals surface area (Å²) in [5, 5.41) is 0. The fourth-order valence-electron chi connectivity index (χ4n) is 8.89. The van der Waals surface area contributed by atoms with Gasteiger partial charge in [-0.15, -0.1) is 0 Å². The van der Waals surface area contributed by atoms with Crippen molar-refractivity contribution in [1.29, 1.82) is 0 Å². The van der Waals surface area contributed by atoms with Gasteiger partial charge in [0.2, 0.25) is 0 Å². The van der Waals surface area contributed by atoms with Gasteiger partial charge in [-0.25, -0.2) is 0 Å². The van der Waals surface area contributed by atoms with Crippen LogP contribution in [0.25, 0.3) is 0 Å². The molecular formula is C27H42O3. The number of methoxy groups -OCH3 is 1. The van der Waals surface area contributed by atoms with E-state index >= 15 is 0 Å². The van der Waals surface area contributed by atoms with Crippen LogP contribution in [0.15, 0.2) is 11.6 Å². The largest absolute Gasteiger partial charge is 0.469 e. The summed E-state index contributed by atoms with van der Waals surface area (Å²) in [7, 11) is 1.48. The minimum Gasteiger partial charge on any atom is -0.469 e. The lowest BCUT2D eigenvalue weighted by Gasteiger charge is -2.60. The molecule has 4 aliphatic rings. The van der Waals surface area contributed by atoms with E-state index in [0.717, 1.165) is 6.42 Å². The number of rotatable bonds is 4. The van der Waals surface area contributed by atoms with E-state index in [1.165, 1.54) is 64.0 Å². The Kier molecular flexibility index (Phi) is 5.96. The molecule has 5 unspecified atom stereocenters. The molecule has 4 fully saturated rings. The number of carbonyl (C=O) groups excluding carboxylic acids is 2. The van der Waals surface area contributed by atoms with Gasteiger partial charge in [0.25, 0.3) is 0 Å². The number of hydrogen-bond acceptors (Lipinski definition) is 3. The van der Waals surface area contributed by atoms with Gasteiger partial charge in [-0.05, 0) is 97.9 Å².